The van der Waals surface area contributed by atoms with E-state index in [0.717, 1.165) is 39.5 Å². The van der Waals surface area contributed by atoms with Crippen molar-refractivity contribution in [3.05, 3.63) is 39.4 Å². The number of ether oxygens (including phenoxy) is 1. The molecule has 2 rings (SSSR count). The molecule has 0 saturated heterocycles. The molecule has 0 unspecified atom stereocenters. The van der Waals surface area contributed by atoms with Gasteiger partial charge in [-0.15, -0.1) is 0 Å². The maximum atomic E-state index is 12.2. The molecule has 1 aromatic heterocycles. The van der Waals surface area contributed by atoms with Gasteiger partial charge in [-0.05, 0) is 65.2 Å². The summed E-state index contributed by atoms with van der Waals surface area (Å²) in [6, 6.07) is 0. The molecular formula is C19H24N2O3. The van der Waals surface area contributed by atoms with E-state index in [1.807, 2.05) is 34.6 Å². The van der Waals surface area contributed by atoms with Crippen molar-refractivity contribution in [1.29, 1.82) is 0 Å². The number of aromatic nitrogens is 1. The molecule has 0 aliphatic carbocycles. The molecule has 0 fully saturated rings. The van der Waals surface area contributed by atoms with Crippen LogP contribution in [0.15, 0.2) is 21.8 Å². The van der Waals surface area contributed by atoms with Gasteiger partial charge >= 0.3 is 5.97 Å². The number of carbonyl (C=O) groups excluding carboxylic acids is 2. The van der Waals surface area contributed by atoms with E-state index in [0.29, 0.717) is 17.7 Å². The highest BCUT2D eigenvalue weighted by atomic mass is 16.5. The molecular weight excluding hydrogens is 304 g/mol. The summed E-state index contributed by atoms with van der Waals surface area (Å²) >= 11 is 0. The fraction of sp³-hybridized carbons (Fsp3) is 0.421. The molecule has 5 heteroatoms. The number of Topliss-reactive ketones (excluding diaryl/α,β-unsaturated/α-hetero) is 1. The molecule has 5 nitrogen and oxygen atoms in total. The highest BCUT2D eigenvalue weighted by Gasteiger charge is 2.26. The first-order valence-corrected chi connectivity index (χ1v) is 8.06. The topological polar surface area (TPSA) is 71.5 Å². The van der Waals surface area contributed by atoms with Crippen molar-refractivity contribution in [2.75, 3.05) is 6.61 Å². The number of H-pyrrole nitrogens is 1. The van der Waals surface area contributed by atoms with Gasteiger partial charge in [0.15, 0.2) is 5.78 Å². The van der Waals surface area contributed by atoms with Gasteiger partial charge in [0.25, 0.3) is 0 Å². The third kappa shape index (κ3) is 2.86. The summed E-state index contributed by atoms with van der Waals surface area (Å²) in [5.74, 6) is -0.307. The van der Waals surface area contributed by atoms with Gasteiger partial charge in [-0.2, -0.15) is 0 Å². The Hall–Kier alpha value is -2.43. The van der Waals surface area contributed by atoms with Gasteiger partial charge in [-0.1, -0.05) is 0 Å². The van der Waals surface area contributed by atoms with Gasteiger partial charge < -0.3 is 9.72 Å². The third-order valence-corrected chi connectivity index (χ3v) is 4.37. The number of nitrogens with zero attached hydrogens (tertiary/aromatic N) is 1. The Labute approximate surface area is 142 Å². The van der Waals surface area contributed by atoms with Gasteiger partial charge in [0, 0.05) is 22.7 Å². The van der Waals surface area contributed by atoms with E-state index < -0.39 is 0 Å². The minimum absolute atomic E-state index is 0.0168. The molecule has 128 valence electrons. The summed E-state index contributed by atoms with van der Waals surface area (Å²) < 4.78 is 5.14. The van der Waals surface area contributed by atoms with Gasteiger partial charge in [0.1, 0.15) is 0 Å². The lowest BCUT2D eigenvalue weighted by Crippen LogP contribution is -2.06. The van der Waals surface area contributed by atoms with Crippen LogP contribution in [0.25, 0.3) is 5.57 Å². The van der Waals surface area contributed by atoms with E-state index in [1.165, 1.54) is 0 Å². The number of aromatic amines is 1. The number of hydrogen-bond donors (Lipinski definition) is 1. The monoisotopic (exact) mass is 328 g/mol. The Balaban J connectivity index is 2.60. The van der Waals surface area contributed by atoms with Gasteiger partial charge in [-0.3, -0.25) is 9.79 Å². The predicted molar refractivity (Wildman–Crippen MR) is 95.3 cm³/mol. The summed E-state index contributed by atoms with van der Waals surface area (Å²) in [7, 11) is 0. The lowest BCUT2D eigenvalue weighted by atomic mass is 9.99. The van der Waals surface area contributed by atoms with Crippen molar-refractivity contribution in [2.45, 2.75) is 48.5 Å². The Morgan fingerprint density at radius 3 is 2.25 bits per heavy atom. The summed E-state index contributed by atoms with van der Waals surface area (Å²) in [5, 5.41) is 0. The van der Waals surface area contributed by atoms with Crippen LogP contribution in [0.3, 0.4) is 0 Å². The minimum atomic E-state index is -0.324. The van der Waals surface area contributed by atoms with Crippen molar-refractivity contribution in [3.8, 4) is 0 Å². The smallest absolute Gasteiger partial charge is 0.340 e. The average Bonchev–Trinajstić information content (AvgIpc) is 2.95. The lowest BCUT2D eigenvalue weighted by Gasteiger charge is -2.07. The molecule has 24 heavy (non-hydrogen) atoms. The molecule has 0 bridgehead atoms. The summed E-state index contributed by atoms with van der Waals surface area (Å²) in [4.78, 5) is 31.8. The molecule has 0 amide bonds. The first kappa shape index (κ1) is 17.9. The van der Waals surface area contributed by atoms with E-state index in [-0.39, 0.29) is 11.8 Å². The van der Waals surface area contributed by atoms with Gasteiger partial charge in [0.05, 0.1) is 17.9 Å². The molecule has 2 heterocycles. The maximum Gasteiger partial charge on any atom is 0.340 e. The van der Waals surface area contributed by atoms with Crippen molar-refractivity contribution < 1.29 is 14.3 Å². The quantitative estimate of drug-likeness (QED) is 0.852. The number of allylic oxidation sites excluding steroid dienone is 3. The fourth-order valence-electron chi connectivity index (χ4n) is 3.33. The van der Waals surface area contributed by atoms with Crippen LogP contribution in [-0.2, 0) is 9.53 Å². The largest absolute Gasteiger partial charge is 0.462 e. The normalized spacial score (nSPS) is 16.4. The molecule has 0 aromatic carbocycles. The zero-order valence-corrected chi connectivity index (χ0v) is 15.4. The number of ketones is 1. The Bertz CT molecular complexity index is 820. The molecule has 0 radical (unpaired) electrons. The molecule has 0 atom stereocenters. The van der Waals surface area contributed by atoms with Crippen LogP contribution in [-0.4, -0.2) is 29.1 Å². The van der Waals surface area contributed by atoms with E-state index in [2.05, 4.69) is 9.98 Å². The van der Waals surface area contributed by atoms with Gasteiger partial charge in [0.2, 0.25) is 0 Å². The number of aliphatic imine (C=N–C) groups is 1. The van der Waals surface area contributed by atoms with Crippen molar-refractivity contribution in [1.82, 2.24) is 4.98 Å². The Morgan fingerprint density at radius 1 is 1.12 bits per heavy atom. The van der Waals surface area contributed by atoms with Crippen LogP contribution in [0.4, 0.5) is 0 Å². The lowest BCUT2D eigenvalue weighted by molar-refractivity contribution is -0.113. The molecule has 1 N–H and O–H groups in total. The van der Waals surface area contributed by atoms with E-state index in [4.69, 9.17) is 4.74 Å². The van der Waals surface area contributed by atoms with Crippen molar-refractivity contribution >= 4 is 23.0 Å². The minimum Gasteiger partial charge on any atom is -0.462 e. The second-order valence-electron chi connectivity index (χ2n) is 6.07. The van der Waals surface area contributed by atoms with Gasteiger partial charge in [-0.25, -0.2) is 4.79 Å². The predicted octanol–water partition coefficient (Wildman–Crippen LogP) is 3.92. The van der Waals surface area contributed by atoms with Crippen LogP contribution in [0, 0.1) is 13.8 Å². The Kier molecular flexibility index (Phi) is 4.92. The molecule has 1 aromatic rings. The number of aryl methyl sites for hydroxylation is 1. The first-order valence-electron chi connectivity index (χ1n) is 8.06. The third-order valence-electron chi connectivity index (χ3n) is 4.37. The molecule has 0 spiro atoms. The molecule has 0 saturated carbocycles. The molecule has 1 aliphatic rings. The fourth-order valence-corrected chi connectivity index (χ4v) is 3.33. The number of hydrogen-bond acceptors (Lipinski definition) is 4. The Morgan fingerprint density at radius 2 is 1.75 bits per heavy atom. The average molecular weight is 328 g/mol. The summed E-state index contributed by atoms with van der Waals surface area (Å²) in [6.45, 7) is 13.1. The maximum absolute atomic E-state index is 12.2. The van der Waals surface area contributed by atoms with Crippen LogP contribution in [0.5, 0.6) is 0 Å². The van der Waals surface area contributed by atoms with Crippen LogP contribution >= 0.6 is 0 Å². The van der Waals surface area contributed by atoms with Crippen LogP contribution in [0.1, 0.15) is 61.9 Å². The van der Waals surface area contributed by atoms with Crippen LogP contribution < -0.4 is 0 Å². The zero-order valence-electron chi connectivity index (χ0n) is 15.4. The summed E-state index contributed by atoms with van der Waals surface area (Å²) in [6.07, 6.45) is 0. The highest BCUT2D eigenvalue weighted by molar-refractivity contribution is 6.24. The van der Waals surface area contributed by atoms with E-state index in [1.54, 1.807) is 13.8 Å². The second-order valence-corrected chi connectivity index (χ2v) is 6.07. The standard InChI is InChI=1S/C19H24N2O3/c1-8-24-19(23)16-10(3)18(21-13(16)6)11(4)17-9(2)15(14(7)22)12(5)20-17/h21H,8H2,1-7H3. The second kappa shape index (κ2) is 6.59. The van der Waals surface area contributed by atoms with E-state index in [9.17, 15) is 9.59 Å². The van der Waals surface area contributed by atoms with Crippen LogP contribution in [0.2, 0.25) is 0 Å². The number of nitrogens with one attached hydrogen (secondary N) is 1. The number of rotatable bonds is 4. The zero-order chi connectivity index (χ0) is 18.2. The highest BCUT2D eigenvalue weighted by Crippen LogP contribution is 2.34. The number of esters is 1. The SMILES string of the molecule is CCOC(=O)c1c(C)[nH]c(C(C)=C2N=C(C)C(C(C)=O)=C2C)c1C. The van der Waals surface area contributed by atoms with Crippen molar-refractivity contribution in [2.24, 2.45) is 4.99 Å². The van der Waals surface area contributed by atoms with E-state index >= 15 is 0 Å². The van der Waals surface area contributed by atoms with Crippen molar-refractivity contribution in [3.63, 3.8) is 0 Å². The first-order chi connectivity index (χ1) is 11.2. The summed E-state index contributed by atoms with van der Waals surface area (Å²) in [5.41, 5.74) is 7.03. The number of carbonyl (C=O) groups is 2. The molecule has 1 aliphatic heterocycles.